The third kappa shape index (κ3) is 3.42. The van der Waals surface area contributed by atoms with Gasteiger partial charge >= 0.3 is 0 Å². The van der Waals surface area contributed by atoms with Crippen LogP contribution in [0.2, 0.25) is 0 Å². The smallest absolute Gasteiger partial charge is 0.150 e. The molecule has 5 heteroatoms. The molecule has 1 aliphatic rings. The Labute approximate surface area is 119 Å². The van der Waals surface area contributed by atoms with E-state index >= 15 is 0 Å². The molecule has 2 rings (SSSR count). The fraction of sp³-hybridized carbons (Fsp3) is 0.533. The van der Waals surface area contributed by atoms with E-state index in [9.17, 15) is 4.79 Å². The van der Waals surface area contributed by atoms with Crippen molar-refractivity contribution >= 4 is 12.0 Å². The fourth-order valence-corrected chi connectivity index (χ4v) is 2.37. The Bertz CT molecular complexity index is 430. The average molecular weight is 279 g/mol. The molecule has 0 bridgehead atoms. The zero-order valence-electron chi connectivity index (χ0n) is 12.0. The first-order valence-corrected chi connectivity index (χ1v) is 6.81. The number of hydrogen-bond donors (Lipinski definition) is 1. The second-order valence-corrected chi connectivity index (χ2v) is 4.85. The molecule has 0 amide bonds. The molecule has 0 radical (unpaired) electrons. The van der Waals surface area contributed by atoms with Crippen LogP contribution < -0.4 is 14.8 Å². The van der Waals surface area contributed by atoms with Gasteiger partial charge in [-0.15, -0.1) is 0 Å². The van der Waals surface area contributed by atoms with Crippen LogP contribution in [0, 0.1) is 5.92 Å². The van der Waals surface area contributed by atoms with Crippen LogP contribution in [0.15, 0.2) is 12.1 Å². The summed E-state index contributed by atoms with van der Waals surface area (Å²) < 4.78 is 16.0. The van der Waals surface area contributed by atoms with E-state index in [-0.39, 0.29) is 0 Å². The number of benzene rings is 1. The minimum atomic E-state index is 0.537. The van der Waals surface area contributed by atoms with E-state index in [1.165, 1.54) is 0 Å². The highest BCUT2D eigenvalue weighted by Gasteiger charge is 2.17. The lowest BCUT2D eigenvalue weighted by Gasteiger charge is -2.24. The highest BCUT2D eigenvalue weighted by Crippen LogP contribution is 2.36. The molecule has 1 saturated heterocycles. The van der Waals surface area contributed by atoms with Crippen LogP contribution in [-0.2, 0) is 4.74 Å². The molecule has 0 atom stereocenters. The van der Waals surface area contributed by atoms with Gasteiger partial charge in [0.15, 0.2) is 0 Å². The van der Waals surface area contributed by atoms with E-state index in [0.29, 0.717) is 23.0 Å². The van der Waals surface area contributed by atoms with Crippen LogP contribution in [0.1, 0.15) is 23.2 Å². The first kappa shape index (κ1) is 14.7. The zero-order valence-corrected chi connectivity index (χ0v) is 12.0. The molecule has 1 aromatic rings. The van der Waals surface area contributed by atoms with Gasteiger partial charge in [-0.25, -0.2) is 0 Å². The lowest BCUT2D eigenvalue weighted by molar-refractivity contribution is 0.0699. The summed E-state index contributed by atoms with van der Waals surface area (Å²) in [7, 11) is 3.17. The molecule has 0 saturated carbocycles. The molecule has 1 N–H and O–H groups in total. The van der Waals surface area contributed by atoms with Gasteiger partial charge in [-0.3, -0.25) is 4.79 Å². The number of nitrogens with one attached hydrogen (secondary N) is 1. The Morgan fingerprint density at radius 3 is 2.35 bits per heavy atom. The third-order valence-electron chi connectivity index (χ3n) is 3.57. The van der Waals surface area contributed by atoms with Crippen molar-refractivity contribution in [1.82, 2.24) is 0 Å². The Hall–Kier alpha value is -1.75. The molecule has 0 aliphatic carbocycles. The van der Waals surface area contributed by atoms with Crippen molar-refractivity contribution < 1.29 is 19.0 Å². The molecule has 0 spiro atoms. The Kier molecular flexibility index (Phi) is 5.24. The van der Waals surface area contributed by atoms with Crippen molar-refractivity contribution in [3.8, 4) is 11.5 Å². The second kappa shape index (κ2) is 7.14. The second-order valence-electron chi connectivity index (χ2n) is 4.85. The minimum absolute atomic E-state index is 0.537. The van der Waals surface area contributed by atoms with Crippen molar-refractivity contribution in [2.24, 2.45) is 5.92 Å². The van der Waals surface area contributed by atoms with E-state index in [0.717, 1.165) is 44.6 Å². The number of ether oxygens (including phenoxy) is 3. The first-order chi connectivity index (χ1) is 9.78. The molecule has 0 aromatic heterocycles. The zero-order chi connectivity index (χ0) is 14.4. The monoisotopic (exact) mass is 279 g/mol. The van der Waals surface area contributed by atoms with Crippen LogP contribution in [0.4, 0.5) is 5.69 Å². The van der Waals surface area contributed by atoms with Crippen molar-refractivity contribution in [3.05, 3.63) is 17.7 Å². The summed E-state index contributed by atoms with van der Waals surface area (Å²) in [5.41, 5.74) is 1.34. The summed E-state index contributed by atoms with van der Waals surface area (Å²) in [6, 6.07) is 3.42. The highest BCUT2D eigenvalue weighted by atomic mass is 16.5. The molecule has 0 unspecified atom stereocenters. The van der Waals surface area contributed by atoms with Crippen molar-refractivity contribution in [1.29, 1.82) is 0 Å². The van der Waals surface area contributed by atoms with Gasteiger partial charge in [0.2, 0.25) is 0 Å². The van der Waals surface area contributed by atoms with Crippen molar-refractivity contribution in [2.75, 3.05) is 39.3 Å². The number of rotatable bonds is 6. The Balaban J connectivity index is 2.13. The maximum absolute atomic E-state index is 10.9. The maximum Gasteiger partial charge on any atom is 0.150 e. The van der Waals surface area contributed by atoms with Gasteiger partial charge in [-0.1, -0.05) is 0 Å². The molecule has 1 heterocycles. The number of methoxy groups -OCH3 is 2. The van der Waals surface area contributed by atoms with Gasteiger partial charge in [0.05, 0.1) is 14.2 Å². The van der Waals surface area contributed by atoms with E-state index in [1.54, 1.807) is 26.4 Å². The van der Waals surface area contributed by atoms with Crippen LogP contribution in [0.5, 0.6) is 11.5 Å². The molecule has 110 valence electrons. The predicted molar refractivity (Wildman–Crippen MR) is 77.0 cm³/mol. The normalized spacial score (nSPS) is 15.7. The van der Waals surface area contributed by atoms with Crippen LogP contribution >= 0.6 is 0 Å². The van der Waals surface area contributed by atoms with Gasteiger partial charge < -0.3 is 19.5 Å². The van der Waals surface area contributed by atoms with Gasteiger partial charge in [-0.05, 0) is 30.9 Å². The molecule has 1 fully saturated rings. The Morgan fingerprint density at radius 1 is 1.25 bits per heavy atom. The summed E-state index contributed by atoms with van der Waals surface area (Å²) in [5, 5.41) is 3.38. The fourth-order valence-electron chi connectivity index (χ4n) is 2.37. The summed E-state index contributed by atoms with van der Waals surface area (Å²) >= 11 is 0. The van der Waals surface area contributed by atoms with Gasteiger partial charge in [0.1, 0.15) is 23.5 Å². The van der Waals surface area contributed by atoms with Gasteiger partial charge in [0, 0.05) is 25.3 Å². The van der Waals surface area contributed by atoms with Gasteiger partial charge in [-0.2, -0.15) is 0 Å². The number of carbonyl (C=O) groups excluding carboxylic acids is 1. The maximum atomic E-state index is 10.9. The minimum Gasteiger partial charge on any atom is -0.494 e. The highest BCUT2D eigenvalue weighted by molar-refractivity contribution is 5.81. The molecule has 1 aromatic carbocycles. The van der Waals surface area contributed by atoms with Crippen molar-refractivity contribution in [3.63, 3.8) is 0 Å². The van der Waals surface area contributed by atoms with Crippen LogP contribution in [0.3, 0.4) is 0 Å². The van der Waals surface area contributed by atoms with Crippen molar-refractivity contribution in [2.45, 2.75) is 12.8 Å². The summed E-state index contributed by atoms with van der Waals surface area (Å²) in [6.45, 7) is 2.49. The van der Waals surface area contributed by atoms with Crippen LogP contribution in [-0.4, -0.2) is 40.3 Å². The standard InChI is InChI=1S/C15H21NO4/c1-18-13-7-12(10-17)8-14(19-2)15(13)16-9-11-3-5-20-6-4-11/h7-8,10-11,16H,3-6,9H2,1-2H3. The molecule has 20 heavy (non-hydrogen) atoms. The average Bonchev–Trinajstić information content (AvgIpc) is 2.52. The summed E-state index contributed by atoms with van der Waals surface area (Å²) in [5.74, 6) is 1.83. The predicted octanol–water partition coefficient (Wildman–Crippen LogP) is 2.35. The lowest BCUT2D eigenvalue weighted by atomic mass is 10.0. The molecule has 1 aliphatic heterocycles. The summed E-state index contributed by atoms with van der Waals surface area (Å²) in [4.78, 5) is 10.9. The quantitative estimate of drug-likeness (QED) is 0.810. The van der Waals surface area contributed by atoms with Crippen LogP contribution in [0.25, 0.3) is 0 Å². The van der Waals surface area contributed by atoms with E-state index in [1.807, 2.05) is 0 Å². The van der Waals surface area contributed by atoms with E-state index in [2.05, 4.69) is 5.32 Å². The number of anilines is 1. The molecule has 5 nitrogen and oxygen atoms in total. The SMILES string of the molecule is COc1cc(C=O)cc(OC)c1NCC1CCOCC1. The molecular formula is C15H21NO4. The summed E-state index contributed by atoms with van der Waals surface area (Å²) in [6.07, 6.45) is 2.90. The first-order valence-electron chi connectivity index (χ1n) is 6.81. The molecular weight excluding hydrogens is 258 g/mol. The van der Waals surface area contributed by atoms with Gasteiger partial charge in [0.25, 0.3) is 0 Å². The number of carbonyl (C=O) groups is 1. The van der Waals surface area contributed by atoms with E-state index in [4.69, 9.17) is 14.2 Å². The van der Waals surface area contributed by atoms with E-state index < -0.39 is 0 Å². The topological polar surface area (TPSA) is 56.8 Å². The lowest BCUT2D eigenvalue weighted by Crippen LogP contribution is -2.23. The third-order valence-corrected chi connectivity index (χ3v) is 3.57. The Morgan fingerprint density at radius 2 is 1.85 bits per heavy atom. The largest absolute Gasteiger partial charge is 0.494 e. The number of hydrogen-bond acceptors (Lipinski definition) is 5. The number of aldehydes is 1.